The average molecular weight is 411 g/mol. The Morgan fingerprint density at radius 2 is 1.85 bits per heavy atom. The molecule has 0 aliphatic rings. The zero-order valence-electron chi connectivity index (χ0n) is 15.2. The minimum Gasteiger partial charge on any atom is -0.459 e. The van der Waals surface area contributed by atoms with Crippen LogP contribution in [-0.4, -0.2) is 31.1 Å². The monoisotopic (exact) mass is 410 g/mol. The molecule has 0 radical (unpaired) electrons. The second-order valence-corrected chi connectivity index (χ2v) is 8.84. The molecule has 0 aliphatic heterocycles. The Morgan fingerprint density at radius 3 is 2.52 bits per heavy atom. The van der Waals surface area contributed by atoms with E-state index in [1.807, 2.05) is 30.3 Å². The zero-order valence-corrected chi connectivity index (χ0v) is 16.8. The van der Waals surface area contributed by atoms with Crippen LogP contribution in [0.15, 0.2) is 52.9 Å². The number of halogens is 2. The Hall–Kier alpha value is -1.93. The van der Waals surface area contributed by atoms with Crippen molar-refractivity contribution < 1.29 is 17.2 Å². The fraction of sp³-hybridized carbons (Fsp3) is 0.263. The Kier molecular flexibility index (Phi) is 5.58. The molecule has 0 saturated carbocycles. The minimum absolute atomic E-state index is 0.134. The molecular weight excluding hydrogens is 391 g/mol. The molecular formula is C19H20ClFN2O3S. The van der Waals surface area contributed by atoms with Crippen LogP contribution in [0.5, 0.6) is 0 Å². The van der Waals surface area contributed by atoms with Crippen LogP contribution >= 0.6 is 11.6 Å². The molecule has 8 heteroatoms. The van der Waals surface area contributed by atoms with Crippen LogP contribution in [0.1, 0.15) is 24.3 Å². The maximum Gasteiger partial charge on any atom is 0.282 e. The normalized spacial score (nSPS) is 13.6. The number of rotatable bonds is 6. The van der Waals surface area contributed by atoms with Crippen molar-refractivity contribution in [1.82, 2.24) is 8.61 Å². The molecule has 0 saturated heterocycles. The number of hydrogen-bond acceptors (Lipinski definition) is 3. The smallest absolute Gasteiger partial charge is 0.282 e. The maximum atomic E-state index is 14.0. The van der Waals surface area contributed by atoms with E-state index in [-0.39, 0.29) is 17.1 Å². The lowest BCUT2D eigenvalue weighted by molar-refractivity contribution is 0.316. The van der Waals surface area contributed by atoms with Crippen molar-refractivity contribution in [3.63, 3.8) is 0 Å². The zero-order chi connectivity index (χ0) is 19.8. The summed E-state index contributed by atoms with van der Waals surface area (Å²) in [5.41, 5.74) is 0.826. The van der Waals surface area contributed by atoms with E-state index in [2.05, 4.69) is 0 Å². The molecule has 3 aromatic rings. The summed E-state index contributed by atoms with van der Waals surface area (Å²) in [6, 6.07) is 13.0. The first-order valence-corrected chi connectivity index (χ1v) is 10.1. The van der Waals surface area contributed by atoms with Crippen LogP contribution in [0.25, 0.3) is 11.0 Å². The summed E-state index contributed by atoms with van der Waals surface area (Å²) < 4.78 is 47.9. The lowest BCUT2D eigenvalue weighted by Crippen LogP contribution is -2.40. The highest BCUT2D eigenvalue weighted by atomic mass is 35.5. The maximum absolute atomic E-state index is 14.0. The lowest BCUT2D eigenvalue weighted by Gasteiger charge is -2.28. The molecule has 1 aromatic heterocycles. The molecule has 0 bridgehead atoms. The predicted molar refractivity (Wildman–Crippen MR) is 104 cm³/mol. The van der Waals surface area contributed by atoms with E-state index in [0.717, 1.165) is 9.69 Å². The van der Waals surface area contributed by atoms with Crippen LogP contribution < -0.4 is 0 Å². The first-order valence-electron chi connectivity index (χ1n) is 8.32. The fourth-order valence-corrected chi connectivity index (χ4v) is 4.25. The second-order valence-electron chi connectivity index (χ2n) is 6.34. The summed E-state index contributed by atoms with van der Waals surface area (Å²) in [4.78, 5) is 0. The summed E-state index contributed by atoms with van der Waals surface area (Å²) in [6.07, 6.45) is 0. The number of hydrogen-bond donors (Lipinski definition) is 0. The Balaban J connectivity index is 1.84. The van der Waals surface area contributed by atoms with Gasteiger partial charge in [0.1, 0.15) is 17.2 Å². The molecule has 144 valence electrons. The predicted octanol–water partition coefficient (Wildman–Crippen LogP) is 4.59. The summed E-state index contributed by atoms with van der Waals surface area (Å²) in [5.74, 6) is -0.0165. The van der Waals surface area contributed by atoms with Gasteiger partial charge in [-0.1, -0.05) is 35.9 Å². The summed E-state index contributed by atoms with van der Waals surface area (Å²) in [7, 11) is -1.02. The lowest BCUT2D eigenvalue weighted by atomic mass is 10.2. The third kappa shape index (κ3) is 3.87. The molecule has 1 heterocycles. The number of fused-ring (bicyclic) bond motifs is 1. The Labute approximate surface area is 163 Å². The first kappa shape index (κ1) is 19.8. The van der Waals surface area contributed by atoms with Crippen LogP contribution in [-0.2, 0) is 16.8 Å². The van der Waals surface area contributed by atoms with Crippen molar-refractivity contribution in [3.05, 3.63) is 70.7 Å². The van der Waals surface area contributed by atoms with Crippen molar-refractivity contribution in [1.29, 1.82) is 0 Å². The molecule has 5 nitrogen and oxygen atoms in total. The summed E-state index contributed by atoms with van der Waals surface area (Å²) in [5, 5.41) is 1.08. The van der Waals surface area contributed by atoms with Gasteiger partial charge in [-0.25, -0.2) is 4.39 Å². The van der Waals surface area contributed by atoms with E-state index >= 15 is 0 Å². The van der Waals surface area contributed by atoms with Crippen LogP contribution in [0.4, 0.5) is 4.39 Å². The number of para-hydroxylation sites is 1. The van der Waals surface area contributed by atoms with Gasteiger partial charge >= 0.3 is 0 Å². The standard InChI is InChI=1S/C19H20ClFN2O3S/c1-13(19-11-14-7-4-5-10-18(14)26-19)23(3)27(24,25)22(2)12-15-16(20)8-6-9-17(15)21/h4-11,13H,12H2,1-3H3. The van der Waals surface area contributed by atoms with Crippen molar-refractivity contribution in [2.75, 3.05) is 14.1 Å². The summed E-state index contributed by atoms with van der Waals surface area (Å²) >= 11 is 6.02. The third-order valence-electron chi connectivity index (χ3n) is 4.60. The molecule has 0 spiro atoms. The highest BCUT2D eigenvalue weighted by Gasteiger charge is 2.31. The van der Waals surface area contributed by atoms with Crippen LogP contribution in [0.2, 0.25) is 5.02 Å². The Bertz CT molecular complexity index is 1010. The molecule has 27 heavy (non-hydrogen) atoms. The van der Waals surface area contributed by atoms with Gasteiger partial charge in [-0.3, -0.25) is 0 Å². The average Bonchev–Trinajstić information content (AvgIpc) is 3.07. The van der Waals surface area contributed by atoms with Crippen molar-refractivity contribution in [2.45, 2.75) is 19.5 Å². The van der Waals surface area contributed by atoms with Gasteiger partial charge in [0.25, 0.3) is 10.2 Å². The van der Waals surface area contributed by atoms with Gasteiger partial charge in [0.15, 0.2) is 0 Å². The number of furan rings is 1. The molecule has 1 unspecified atom stereocenters. The largest absolute Gasteiger partial charge is 0.459 e. The molecule has 3 rings (SSSR count). The molecule has 0 amide bonds. The van der Waals surface area contributed by atoms with Gasteiger partial charge in [-0.05, 0) is 31.2 Å². The van der Waals surface area contributed by atoms with Crippen LogP contribution in [0.3, 0.4) is 0 Å². The van der Waals surface area contributed by atoms with E-state index in [1.54, 1.807) is 6.92 Å². The molecule has 0 aliphatic carbocycles. The van der Waals surface area contributed by atoms with Crippen LogP contribution in [0, 0.1) is 5.82 Å². The third-order valence-corrected chi connectivity index (χ3v) is 6.92. The second kappa shape index (κ2) is 7.59. The van der Waals surface area contributed by atoms with E-state index in [9.17, 15) is 12.8 Å². The van der Waals surface area contributed by atoms with E-state index in [0.29, 0.717) is 11.3 Å². The molecule has 1 atom stereocenters. The molecule has 2 aromatic carbocycles. The van der Waals surface area contributed by atoms with Gasteiger partial charge in [-0.2, -0.15) is 17.0 Å². The minimum atomic E-state index is -3.87. The van der Waals surface area contributed by atoms with Gasteiger partial charge < -0.3 is 4.42 Å². The SMILES string of the molecule is CC(c1cc2ccccc2o1)N(C)S(=O)(=O)N(C)Cc1c(F)cccc1Cl. The summed E-state index contributed by atoms with van der Waals surface area (Å²) in [6.45, 7) is 1.56. The van der Waals surface area contributed by atoms with Gasteiger partial charge in [0, 0.05) is 36.6 Å². The number of benzene rings is 2. The first-order chi connectivity index (χ1) is 12.7. The van der Waals surface area contributed by atoms with E-state index in [4.69, 9.17) is 16.0 Å². The number of nitrogens with zero attached hydrogens (tertiary/aromatic N) is 2. The fourth-order valence-electron chi connectivity index (χ4n) is 2.79. The van der Waals surface area contributed by atoms with Crippen molar-refractivity contribution in [2.24, 2.45) is 0 Å². The van der Waals surface area contributed by atoms with E-state index < -0.39 is 22.1 Å². The van der Waals surface area contributed by atoms with Crippen molar-refractivity contribution >= 4 is 32.8 Å². The van der Waals surface area contributed by atoms with Crippen molar-refractivity contribution in [3.8, 4) is 0 Å². The van der Waals surface area contributed by atoms with Gasteiger partial charge in [-0.15, -0.1) is 0 Å². The topological polar surface area (TPSA) is 53.8 Å². The van der Waals surface area contributed by atoms with E-state index in [1.165, 1.54) is 36.6 Å². The molecule has 0 N–H and O–H groups in total. The van der Waals surface area contributed by atoms with Gasteiger partial charge in [0.05, 0.1) is 6.04 Å². The highest BCUT2D eigenvalue weighted by Crippen LogP contribution is 2.29. The molecule has 0 fully saturated rings. The highest BCUT2D eigenvalue weighted by molar-refractivity contribution is 7.86. The quantitative estimate of drug-likeness (QED) is 0.597. The Morgan fingerprint density at radius 1 is 1.15 bits per heavy atom. The van der Waals surface area contributed by atoms with Gasteiger partial charge in [0.2, 0.25) is 0 Å².